The summed E-state index contributed by atoms with van der Waals surface area (Å²) in [5, 5.41) is 19.2. The zero-order valence-electron chi connectivity index (χ0n) is 10.0. The van der Waals surface area contributed by atoms with Gasteiger partial charge in [-0.25, -0.2) is 0 Å². The molecule has 1 rings (SSSR count). The molecule has 104 valence electrons. The topological polar surface area (TPSA) is 102 Å². The van der Waals surface area contributed by atoms with Gasteiger partial charge in [-0.15, -0.1) is 0 Å². The van der Waals surface area contributed by atoms with Gasteiger partial charge in [-0.1, -0.05) is 6.42 Å². The Hall–Kier alpha value is -1.70. The Morgan fingerprint density at radius 2 is 2.05 bits per heavy atom. The molecule has 0 aliphatic heterocycles. The molecule has 0 amide bonds. The molecule has 0 aliphatic carbocycles. The molecule has 0 saturated heterocycles. The molecule has 8 heteroatoms. The highest BCUT2D eigenvalue weighted by Crippen LogP contribution is 2.12. The van der Waals surface area contributed by atoms with E-state index in [1.807, 2.05) is 0 Å². The zero-order chi connectivity index (χ0) is 14.4. The lowest BCUT2D eigenvalue weighted by Crippen LogP contribution is -2.13. The third kappa shape index (κ3) is 4.82. The summed E-state index contributed by atoms with van der Waals surface area (Å²) in [5.74, 6) is -0.832. The van der Waals surface area contributed by atoms with Gasteiger partial charge in [-0.2, -0.15) is 0 Å². The number of halogens is 1. The molecular formula is C11H13BrN2O5. The van der Waals surface area contributed by atoms with Crippen molar-refractivity contribution in [1.29, 1.82) is 0 Å². The number of hydrogen-bond acceptors (Lipinski definition) is 4. The molecule has 0 aliphatic rings. The summed E-state index contributed by atoms with van der Waals surface area (Å²) in [6.07, 6.45) is 4.78. The maximum Gasteiger partial charge on any atom is 0.333 e. The van der Waals surface area contributed by atoms with Crippen molar-refractivity contribution in [2.24, 2.45) is 0 Å². The molecule has 7 nitrogen and oxygen atoms in total. The fraction of sp³-hybridized carbons (Fsp3) is 0.455. The first-order chi connectivity index (χ1) is 8.91. The van der Waals surface area contributed by atoms with Crippen LogP contribution in [0.4, 0.5) is 5.69 Å². The quantitative estimate of drug-likeness (QED) is 0.468. The Morgan fingerprint density at radius 1 is 1.37 bits per heavy atom. The van der Waals surface area contributed by atoms with Crippen LogP contribution in [0, 0.1) is 10.1 Å². The average molecular weight is 333 g/mol. The Labute approximate surface area is 117 Å². The van der Waals surface area contributed by atoms with Gasteiger partial charge in [0.05, 0.1) is 15.6 Å². The predicted molar refractivity (Wildman–Crippen MR) is 71.2 cm³/mol. The van der Waals surface area contributed by atoms with Gasteiger partial charge >= 0.3 is 11.7 Å². The Bertz CT molecular complexity index is 540. The maximum absolute atomic E-state index is 11.4. The molecule has 1 aromatic heterocycles. The Morgan fingerprint density at radius 3 is 2.63 bits per heavy atom. The summed E-state index contributed by atoms with van der Waals surface area (Å²) < 4.78 is 1.71. The van der Waals surface area contributed by atoms with E-state index >= 15 is 0 Å². The maximum atomic E-state index is 11.4. The number of aromatic nitrogens is 1. The van der Waals surface area contributed by atoms with Gasteiger partial charge in [0.2, 0.25) is 0 Å². The monoisotopic (exact) mass is 332 g/mol. The van der Waals surface area contributed by atoms with Gasteiger partial charge in [0.25, 0.3) is 5.43 Å². The van der Waals surface area contributed by atoms with Crippen LogP contribution in [-0.2, 0) is 11.3 Å². The molecule has 0 unspecified atom stereocenters. The molecular weight excluding hydrogens is 320 g/mol. The summed E-state index contributed by atoms with van der Waals surface area (Å²) in [6.45, 7) is 0.499. The summed E-state index contributed by atoms with van der Waals surface area (Å²) in [6, 6.07) is 0. The third-order valence-electron chi connectivity index (χ3n) is 2.52. The normalized spacial score (nSPS) is 10.4. The van der Waals surface area contributed by atoms with Crippen LogP contribution in [0.2, 0.25) is 0 Å². The smallest absolute Gasteiger partial charge is 0.333 e. The number of rotatable bonds is 7. The van der Waals surface area contributed by atoms with Crippen molar-refractivity contribution in [3.05, 3.63) is 37.2 Å². The molecule has 0 radical (unpaired) electrons. The third-order valence-corrected chi connectivity index (χ3v) is 3.09. The highest BCUT2D eigenvalue weighted by Gasteiger charge is 2.15. The van der Waals surface area contributed by atoms with Crippen molar-refractivity contribution in [2.75, 3.05) is 0 Å². The highest BCUT2D eigenvalue weighted by molar-refractivity contribution is 9.10. The average Bonchev–Trinajstić information content (AvgIpc) is 2.32. The van der Waals surface area contributed by atoms with E-state index in [2.05, 4.69) is 15.9 Å². The second kappa shape index (κ2) is 7.03. The number of hydrogen-bond donors (Lipinski definition) is 1. The molecule has 0 aromatic carbocycles. The highest BCUT2D eigenvalue weighted by atomic mass is 79.9. The van der Waals surface area contributed by atoms with Crippen molar-refractivity contribution in [1.82, 2.24) is 4.57 Å². The van der Waals surface area contributed by atoms with Crippen LogP contribution in [0.15, 0.2) is 21.7 Å². The first-order valence-corrected chi connectivity index (χ1v) is 6.47. The summed E-state index contributed by atoms with van der Waals surface area (Å²) in [7, 11) is 0. The molecule has 1 heterocycles. The number of aliphatic carboxylic acids is 1. The van der Waals surface area contributed by atoms with Crippen LogP contribution in [0.1, 0.15) is 25.7 Å². The number of nitrogens with zero attached hydrogens (tertiary/aromatic N) is 2. The predicted octanol–water partition coefficient (Wildman–Crippen LogP) is 2.16. The van der Waals surface area contributed by atoms with Gasteiger partial charge in [-0.3, -0.25) is 19.7 Å². The van der Waals surface area contributed by atoms with Crippen molar-refractivity contribution < 1.29 is 14.8 Å². The molecule has 0 spiro atoms. The van der Waals surface area contributed by atoms with E-state index < -0.39 is 22.0 Å². The molecule has 0 bridgehead atoms. The summed E-state index contributed by atoms with van der Waals surface area (Å²) in [5.41, 5.74) is -1.12. The standard InChI is InChI=1S/C11H13BrN2O5/c12-8-6-13(5-3-1-2-4-10(15)16)7-9(11(8)17)14(18)19/h6-7H,1-5H2,(H,15,16). The molecule has 1 aromatic rings. The van der Waals surface area contributed by atoms with E-state index in [1.165, 1.54) is 12.4 Å². The zero-order valence-corrected chi connectivity index (χ0v) is 11.6. The summed E-state index contributed by atoms with van der Waals surface area (Å²) in [4.78, 5) is 31.7. The largest absolute Gasteiger partial charge is 0.481 e. The van der Waals surface area contributed by atoms with Crippen LogP contribution in [0.5, 0.6) is 0 Å². The van der Waals surface area contributed by atoms with Crippen LogP contribution < -0.4 is 5.43 Å². The SMILES string of the molecule is O=C(O)CCCCCn1cc(Br)c(=O)c([N+](=O)[O-])c1. The van der Waals surface area contributed by atoms with Crippen LogP contribution in [-0.4, -0.2) is 20.6 Å². The van der Waals surface area contributed by atoms with E-state index in [0.717, 1.165) is 0 Å². The van der Waals surface area contributed by atoms with Gasteiger partial charge in [0.1, 0.15) is 0 Å². The van der Waals surface area contributed by atoms with E-state index in [1.54, 1.807) is 4.57 Å². The number of aryl methyl sites for hydroxylation is 1. The number of unbranched alkanes of at least 4 members (excludes halogenated alkanes) is 2. The Balaban J connectivity index is 2.62. The lowest BCUT2D eigenvalue weighted by atomic mass is 10.2. The molecule has 1 N–H and O–H groups in total. The van der Waals surface area contributed by atoms with Gasteiger partial charge in [-0.05, 0) is 28.8 Å². The number of carbonyl (C=O) groups is 1. The lowest BCUT2D eigenvalue weighted by Gasteiger charge is -2.06. The Kier molecular flexibility index (Phi) is 5.68. The minimum Gasteiger partial charge on any atom is -0.481 e. The van der Waals surface area contributed by atoms with Crippen molar-refractivity contribution >= 4 is 27.6 Å². The molecule has 0 saturated carbocycles. The minimum absolute atomic E-state index is 0.119. The molecule has 0 atom stereocenters. The van der Waals surface area contributed by atoms with E-state index in [-0.39, 0.29) is 10.9 Å². The summed E-state index contributed by atoms with van der Waals surface area (Å²) >= 11 is 2.99. The van der Waals surface area contributed by atoms with Crippen molar-refractivity contribution in [3.8, 4) is 0 Å². The van der Waals surface area contributed by atoms with Gasteiger partial charge < -0.3 is 9.67 Å². The number of carboxylic acids is 1. The van der Waals surface area contributed by atoms with E-state index in [9.17, 15) is 19.7 Å². The van der Waals surface area contributed by atoms with Gasteiger partial charge in [0, 0.05) is 19.2 Å². The van der Waals surface area contributed by atoms with Crippen LogP contribution in [0.25, 0.3) is 0 Å². The van der Waals surface area contributed by atoms with Crippen molar-refractivity contribution in [3.63, 3.8) is 0 Å². The van der Waals surface area contributed by atoms with E-state index in [0.29, 0.717) is 25.8 Å². The number of pyridine rings is 1. The first-order valence-electron chi connectivity index (χ1n) is 5.67. The first kappa shape index (κ1) is 15.4. The second-order valence-electron chi connectivity index (χ2n) is 4.02. The number of carboxylic acid groups (broad SMARTS) is 1. The number of nitro groups is 1. The van der Waals surface area contributed by atoms with Crippen LogP contribution in [0.3, 0.4) is 0 Å². The fourth-order valence-corrected chi connectivity index (χ4v) is 2.05. The second-order valence-corrected chi connectivity index (χ2v) is 4.87. The van der Waals surface area contributed by atoms with Gasteiger partial charge in [0.15, 0.2) is 0 Å². The van der Waals surface area contributed by atoms with Crippen LogP contribution >= 0.6 is 15.9 Å². The van der Waals surface area contributed by atoms with Crippen molar-refractivity contribution in [2.45, 2.75) is 32.2 Å². The fourth-order valence-electron chi connectivity index (χ4n) is 1.59. The lowest BCUT2D eigenvalue weighted by molar-refractivity contribution is -0.386. The minimum atomic E-state index is -0.832. The molecule has 0 fully saturated rings. The molecule has 19 heavy (non-hydrogen) atoms. The van der Waals surface area contributed by atoms with E-state index in [4.69, 9.17) is 5.11 Å².